The predicted molar refractivity (Wildman–Crippen MR) is 157 cm³/mol. The highest BCUT2D eigenvalue weighted by atomic mass is 16.5. The van der Waals surface area contributed by atoms with E-state index in [1.54, 1.807) is 0 Å². The molecule has 41 heavy (non-hydrogen) atoms. The van der Waals surface area contributed by atoms with Crippen LogP contribution in [0.3, 0.4) is 0 Å². The summed E-state index contributed by atoms with van der Waals surface area (Å²) in [6.07, 6.45) is 6.18. The topological polar surface area (TPSA) is 114 Å². The fourth-order valence-electron chi connectivity index (χ4n) is 6.31. The van der Waals surface area contributed by atoms with Crippen molar-refractivity contribution in [3.63, 3.8) is 0 Å². The number of likely N-dealkylation sites (tertiary alicyclic amines) is 1. The number of amides is 3. The van der Waals surface area contributed by atoms with Gasteiger partial charge in [-0.3, -0.25) is 19.6 Å². The first-order valence-corrected chi connectivity index (χ1v) is 15.3. The van der Waals surface area contributed by atoms with Crippen molar-refractivity contribution in [2.45, 2.75) is 77.9 Å². The van der Waals surface area contributed by atoms with E-state index in [2.05, 4.69) is 39.8 Å². The molecule has 0 aromatic heterocycles. The van der Waals surface area contributed by atoms with Crippen LogP contribution in [0.2, 0.25) is 0 Å². The van der Waals surface area contributed by atoms with E-state index in [9.17, 15) is 19.6 Å². The van der Waals surface area contributed by atoms with Gasteiger partial charge in [-0.05, 0) is 41.9 Å². The molecule has 228 valence electrons. The van der Waals surface area contributed by atoms with Gasteiger partial charge in [-0.25, -0.2) is 5.06 Å². The number of carbonyl (C=O) groups excluding carboxylic acids is 3. The molecular formula is C31H49N5O5. The maximum Gasteiger partial charge on any atom is 0.245 e. The number of morpholine rings is 1. The summed E-state index contributed by atoms with van der Waals surface area (Å²) in [5.74, 6) is -0.523. The zero-order valence-corrected chi connectivity index (χ0v) is 25.0. The van der Waals surface area contributed by atoms with Crippen LogP contribution in [0, 0.1) is 17.3 Å². The molecule has 3 N–H and O–H groups in total. The average Bonchev–Trinajstić information content (AvgIpc) is 3.66. The second kappa shape index (κ2) is 14.5. The fraction of sp³-hybridized carbons (Fsp3) is 0.710. The lowest BCUT2D eigenvalue weighted by Gasteiger charge is -2.35. The molecule has 10 nitrogen and oxygen atoms in total. The van der Waals surface area contributed by atoms with E-state index in [0.717, 1.165) is 65.0 Å². The molecular weight excluding hydrogens is 522 g/mol. The van der Waals surface area contributed by atoms with Gasteiger partial charge < -0.3 is 25.2 Å². The number of ether oxygens (including phenoxy) is 1. The number of nitrogens with zero attached hydrogens (tertiary/aromatic N) is 3. The molecule has 0 radical (unpaired) electrons. The normalized spacial score (nSPS) is 21.5. The van der Waals surface area contributed by atoms with Crippen LogP contribution >= 0.6 is 0 Å². The lowest BCUT2D eigenvalue weighted by molar-refractivity contribution is -0.155. The van der Waals surface area contributed by atoms with Crippen molar-refractivity contribution in [1.82, 2.24) is 20.6 Å². The Labute approximate surface area is 244 Å². The SMILES string of the molecule is CC(C)(C)[C@H](NC(=O)[C@H](CC1CCCC1)CN(O)C=O)C(=O)N1CC[C@@H](NCc2ccc(N3CCOCC3)cc2)C1. The third kappa shape index (κ3) is 8.90. The van der Waals surface area contributed by atoms with Crippen LogP contribution in [0.5, 0.6) is 0 Å². The number of hydrogen-bond donors (Lipinski definition) is 3. The maximum absolute atomic E-state index is 13.7. The summed E-state index contributed by atoms with van der Waals surface area (Å²) in [7, 11) is 0. The molecule has 4 rings (SSSR count). The standard InChI is InChI=1S/C31H49N5O5/c1-31(2,3)28(33-29(38)25(20-36(40)22-37)18-23-6-4-5-7-23)30(39)35-13-12-26(21-35)32-19-24-8-10-27(11-9-24)34-14-16-41-17-15-34/h8-11,22-23,25-26,28,32,40H,4-7,12-21H2,1-3H3,(H,33,38)/t25-,26-,28-/m1/s1. The third-order valence-corrected chi connectivity index (χ3v) is 8.80. The molecule has 1 saturated carbocycles. The second-order valence-corrected chi connectivity index (χ2v) is 13.0. The van der Waals surface area contributed by atoms with Gasteiger partial charge in [0.25, 0.3) is 0 Å². The van der Waals surface area contributed by atoms with Crippen LogP contribution in [0.4, 0.5) is 5.69 Å². The Morgan fingerprint density at radius 3 is 2.41 bits per heavy atom. The lowest BCUT2D eigenvalue weighted by Crippen LogP contribution is -2.56. The van der Waals surface area contributed by atoms with Gasteiger partial charge in [-0.2, -0.15) is 0 Å². The van der Waals surface area contributed by atoms with E-state index in [-0.39, 0.29) is 24.4 Å². The number of anilines is 1. The molecule has 10 heteroatoms. The van der Waals surface area contributed by atoms with Crippen molar-refractivity contribution in [2.24, 2.45) is 17.3 Å². The van der Waals surface area contributed by atoms with E-state index in [4.69, 9.17) is 4.74 Å². The molecule has 3 amide bonds. The predicted octanol–water partition coefficient (Wildman–Crippen LogP) is 2.79. The summed E-state index contributed by atoms with van der Waals surface area (Å²) >= 11 is 0. The number of rotatable bonds is 12. The minimum absolute atomic E-state index is 0.0694. The van der Waals surface area contributed by atoms with Gasteiger partial charge in [0.1, 0.15) is 6.04 Å². The van der Waals surface area contributed by atoms with Crippen molar-refractivity contribution < 1.29 is 24.3 Å². The molecule has 2 saturated heterocycles. The lowest BCUT2D eigenvalue weighted by atomic mass is 9.84. The van der Waals surface area contributed by atoms with Crippen molar-refractivity contribution in [3.05, 3.63) is 29.8 Å². The average molecular weight is 572 g/mol. The van der Waals surface area contributed by atoms with E-state index in [1.165, 1.54) is 11.3 Å². The maximum atomic E-state index is 13.7. The molecule has 3 aliphatic rings. The van der Waals surface area contributed by atoms with Crippen LogP contribution < -0.4 is 15.5 Å². The molecule has 1 aliphatic carbocycles. The quantitative estimate of drug-likeness (QED) is 0.201. The molecule has 0 spiro atoms. The number of benzene rings is 1. The second-order valence-electron chi connectivity index (χ2n) is 13.0. The van der Waals surface area contributed by atoms with Crippen molar-refractivity contribution >= 4 is 23.9 Å². The molecule has 3 atom stereocenters. The van der Waals surface area contributed by atoms with E-state index in [1.807, 2.05) is 25.7 Å². The van der Waals surface area contributed by atoms with Crippen molar-refractivity contribution in [2.75, 3.05) is 50.8 Å². The first-order valence-electron chi connectivity index (χ1n) is 15.3. The van der Waals surface area contributed by atoms with Gasteiger partial charge >= 0.3 is 0 Å². The number of hydrogen-bond acceptors (Lipinski definition) is 7. The molecule has 2 heterocycles. The van der Waals surface area contributed by atoms with E-state index >= 15 is 0 Å². The molecule has 1 aromatic rings. The molecule has 3 fully saturated rings. The first-order chi connectivity index (χ1) is 19.6. The van der Waals surface area contributed by atoms with Crippen LogP contribution in [-0.4, -0.2) is 91.4 Å². The highest BCUT2D eigenvalue weighted by molar-refractivity contribution is 5.89. The summed E-state index contributed by atoms with van der Waals surface area (Å²) in [6, 6.07) is 8.11. The van der Waals surface area contributed by atoms with Crippen LogP contribution in [-0.2, 0) is 25.7 Å². The molecule has 0 bridgehead atoms. The number of carbonyl (C=O) groups is 3. The minimum atomic E-state index is -0.698. The summed E-state index contributed by atoms with van der Waals surface area (Å²) in [6.45, 7) is 11.1. The summed E-state index contributed by atoms with van der Waals surface area (Å²) in [5, 5.41) is 17.0. The molecule has 0 unspecified atom stereocenters. The smallest absolute Gasteiger partial charge is 0.245 e. The molecule has 1 aromatic carbocycles. The third-order valence-electron chi connectivity index (χ3n) is 8.80. The van der Waals surface area contributed by atoms with Gasteiger partial charge in [0.15, 0.2) is 0 Å². The Morgan fingerprint density at radius 2 is 1.78 bits per heavy atom. The highest BCUT2D eigenvalue weighted by Gasteiger charge is 2.39. The van der Waals surface area contributed by atoms with Crippen molar-refractivity contribution in [1.29, 1.82) is 0 Å². The highest BCUT2D eigenvalue weighted by Crippen LogP contribution is 2.31. The van der Waals surface area contributed by atoms with Crippen LogP contribution in [0.1, 0.15) is 64.9 Å². The number of nitrogens with one attached hydrogen (secondary N) is 2. The Kier molecular flexibility index (Phi) is 11.0. The Balaban J connectivity index is 1.31. The first kappa shape index (κ1) is 31.3. The summed E-state index contributed by atoms with van der Waals surface area (Å²) in [5.41, 5.74) is 1.92. The summed E-state index contributed by atoms with van der Waals surface area (Å²) in [4.78, 5) is 42.5. The summed E-state index contributed by atoms with van der Waals surface area (Å²) < 4.78 is 5.45. The fourth-order valence-corrected chi connectivity index (χ4v) is 6.31. The Bertz CT molecular complexity index is 1000. The van der Waals surface area contributed by atoms with E-state index in [0.29, 0.717) is 36.9 Å². The number of hydroxylamine groups is 2. The largest absolute Gasteiger partial charge is 0.378 e. The minimum Gasteiger partial charge on any atom is -0.378 e. The zero-order valence-electron chi connectivity index (χ0n) is 25.0. The Morgan fingerprint density at radius 1 is 1.10 bits per heavy atom. The van der Waals surface area contributed by atoms with Crippen LogP contribution in [0.25, 0.3) is 0 Å². The van der Waals surface area contributed by atoms with Gasteiger partial charge in [-0.1, -0.05) is 58.6 Å². The monoisotopic (exact) mass is 571 g/mol. The molecule has 2 aliphatic heterocycles. The van der Waals surface area contributed by atoms with Gasteiger partial charge in [0, 0.05) is 44.5 Å². The zero-order chi connectivity index (χ0) is 29.4. The van der Waals surface area contributed by atoms with Gasteiger partial charge in [0.2, 0.25) is 18.2 Å². The van der Waals surface area contributed by atoms with Gasteiger partial charge in [0.05, 0.1) is 25.7 Å². The Hall–Kier alpha value is -2.69. The van der Waals surface area contributed by atoms with Crippen LogP contribution in [0.15, 0.2) is 24.3 Å². The van der Waals surface area contributed by atoms with Crippen molar-refractivity contribution in [3.8, 4) is 0 Å². The van der Waals surface area contributed by atoms with Gasteiger partial charge in [-0.15, -0.1) is 0 Å². The van der Waals surface area contributed by atoms with E-state index < -0.39 is 17.4 Å².